The van der Waals surface area contributed by atoms with E-state index in [0.29, 0.717) is 28.9 Å². The van der Waals surface area contributed by atoms with Gasteiger partial charge in [-0.2, -0.15) is 0 Å². The number of benzene rings is 1. The summed E-state index contributed by atoms with van der Waals surface area (Å²) in [4.78, 5) is 10.9. The number of fused-ring (bicyclic) bond motifs is 1. The average molecular weight is 361 g/mol. The maximum absolute atomic E-state index is 6.32. The van der Waals surface area contributed by atoms with Crippen LogP contribution in [0.4, 0.5) is 0 Å². The Kier molecular flexibility index (Phi) is 5.40. The molecule has 0 unspecified atom stereocenters. The molecule has 0 amide bonds. The van der Waals surface area contributed by atoms with E-state index in [-0.39, 0.29) is 0 Å². The van der Waals surface area contributed by atoms with E-state index in [0.717, 1.165) is 24.2 Å². The highest BCUT2D eigenvalue weighted by Crippen LogP contribution is 2.38. The topological polar surface area (TPSA) is 51.9 Å². The van der Waals surface area contributed by atoms with E-state index < -0.39 is 0 Å². The second-order valence-corrected chi connectivity index (χ2v) is 6.35. The van der Waals surface area contributed by atoms with Crippen LogP contribution in [0.1, 0.15) is 6.42 Å². The lowest BCUT2D eigenvalue weighted by molar-refractivity contribution is 0.281. The highest BCUT2D eigenvalue weighted by atomic mass is 35.5. The molecule has 0 saturated carbocycles. The van der Waals surface area contributed by atoms with Crippen molar-refractivity contribution in [2.45, 2.75) is 6.42 Å². The van der Waals surface area contributed by atoms with Crippen molar-refractivity contribution >= 4 is 17.4 Å². The zero-order valence-electron chi connectivity index (χ0n) is 14.6. The minimum atomic E-state index is 0.517. The van der Waals surface area contributed by atoms with Crippen molar-refractivity contribution in [2.24, 2.45) is 0 Å². The number of rotatable bonds is 7. The highest BCUT2D eigenvalue weighted by Gasteiger charge is 2.15. The number of methoxy groups -OCH3 is 1. The Labute approximate surface area is 152 Å². The van der Waals surface area contributed by atoms with Crippen LogP contribution in [0.3, 0.4) is 0 Å². The minimum absolute atomic E-state index is 0.517. The summed E-state index contributed by atoms with van der Waals surface area (Å²) in [5.74, 6) is 1.90. The number of ether oxygens (including phenoxy) is 2. The average Bonchev–Trinajstić information content (AvgIpc) is 3.03. The van der Waals surface area contributed by atoms with Gasteiger partial charge in [0.15, 0.2) is 0 Å². The molecule has 1 aromatic carbocycles. The SMILES string of the molecule is COc1cc(OCCCN(C)C)c(-c2cn3cccnc3n2)cc1Cl. The standard InChI is InChI=1S/C18H21ClN4O2/c1-22(2)7-5-9-25-16-11-17(24-3)14(19)10-13(16)15-12-23-8-4-6-20-18(23)21-15/h4,6,8,10-12H,5,7,9H2,1-3H3. The van der Waals surface area contributed by atoms with Crippen LogP contribution < -0.4 is 9.47 Å². The molecule has 0 bridgehead atoms. The number of aromatic nitrogens is 3. The Morgan fingerprint density at radius 3 is 2.80 bits per heavy atom. The summed E-state index contributed by atoms with van der Waals surface area (Å²) >= 11 is 6.32. The van der Waals surface area contributed by atoms with Crippen molar-refractivity contribution < 1.29 is 9.47 Å². The van der Waals surface area contributed by atoms with Crippen LogP contribution in [-0.2, 0) is 0 Å². The van der Waals surface area contributed by atoms with Crippen LogP contribution in [0.15, 0.2) is 36.8 Å². The van der Waals surface area contributed by atoms with Crippen molar-refractivity contribution in [3.8, 4) is 22.8 Å². The molecule has 132 valence electrons. The summed E-state index contributed by atoms with van der Waals surface area (Å²) in [6.07, 6.45) is 6.45. The van der Waals surface area contributed by atoms with Crippen LogP contribution >= 0.6 is 11.6 Å². The van der Waals surface area contributed by atoms with Crippen LogP contribution in [-0.4, -0.2) is 53.6 Å². The molecule has 7 heteroatoms. The molecule has 0 saturated heterocycles. The monoisotopic (exact) mass is 360 g/mol. The summed E-state index contributed by atoms with van der Waals surface area (Å²) in [6, 6.07) is 5.49. The zero-order valence-corrected chi connectivity index (χ0v) is 15.3. The van der Waals surface area contributed by atoms with Crippen LogP contribution in [0.2, 0.25) is 5.02 Å². The third-order valence-electron chi connectivity index (χ3n) is 3.77. The highest BCUT2D eigenvalue weighted by molar-refractivity contribution is 6.32. The van der Waals surface area contributed by atoms with Crippen LogP contribution in [0.5, 0.6) is 11.5 Å². The van der Waals surface area contributed by atoms with Gasteiger partial charge in [-0.3, -0.25) is 4.40 Å². The first kappa shape index (κ1) is 17.5. The molecule has 0 aliphatic heterocycles. The van der Waals surface area contributed by atoms with Crippen LogP contribution in [0, 0.1) is 0 Å². The Morgan fingerprint density at radius 1 is 1.24 bits per heavy atom. The lowest BCUT2D eigenvalue weighted by atomic mass is 10.1. The third kappa shape index (κ3) is 4.03. The number of hydrogen-bond donors (Lipinski definition) is 0. The van der Waals surface area contributed by atoms with Gasteiger partial charge in [-0.1, -0.05) is 11.6 Å². The molecular formula is C18H21ClN4O2. The maximum atomic E-state index is 6.32. The number of hydrogen-bond acceptors (Lipinski definition) is 5. The predicted octanol–water partition coefficient (Wildman–Crippen LogP) is 3.39. The summed E-state index contributed by atoms with van der Waals surface area (Å²) in [6.45, 7) is 1.56. The largest absolute Gasteiger partial charge is 0.495 e. The van der Waals surface area contributed by atoms with Gasteiger partial charge in [-0.05, 0) is 32.6 Å². The van der Waals surface area contributed by atoms with Gasteiger partial charge in [0.2, 0.25) is 5.78 Å². The van der Waals surface area contributed by atoms with E-state index >= 15 is 0 Å². The van der Waals surface area contributed by atoms with E-state index in [9.17, 15) is 0 Å². The van der Waals surface area contributed by atoms with Gasteiger partial charge >= 0.3 is 0 Å². The van der Waals surface area contributed by atoms with E-state index in [4.69, 9.17) is 21.1 Å². The van der Waals surface area contributed by atoms with Crippen molar-refractivity contribution in [1.82, 2.24) is 19.3 Å². The second-order valence-electron chi connectivity index (χ2n) is 5.94. The Bertz CT molecular complexity index is 830. The molecule has 0 N–H and O–H groups in total. The molecular weight excluding hydrogens is 340 g/mol. The number of halogens is 1. The van der Waals surface area contributed by atoms with E-state index in [1.54, 1.807) is 13.3 Å². The quantitative estimate of drug-likeness (QED) is 0.604. The van der Waals surface area contributed by atoms with Gasteiger partial charge in [-0.15, -0.1) is 0 Å². The fourth-order valence-corrected chi connectivity index (χ4v) is 2.77. The lowest BCUT2D eigenvalue weighted by Crippen LogP contribution is -2.15. The third-order valence-corrected chi connectivity index (χ3v) is 4.07. The first-order valence-electron chi connectivity index (χ1n) is 8.03. The Balaban J connectivity index is 1.94. The molecule has 3 aromatic rings. The normalized spacial score (nSPS) is 11.2. The predicted molar refractivity (Wildman–Crippen MR) is 98.7 cm³/mol. The molecule has 2 aromatic heterocycles. The van der Waals surface area contributed by atoms with E-state index in [1.807, 2.05) is 49.1 Å². The van der Waals surface area contributed by atoms with Gasteiger partial charge in [0.1, 0.15) is 11.5 Å². The van der Waals surface area contributed by atoms with Gasteiger partial charge in [0, 0.05) is 36.8 Å². The van der Waals surface area contributed by atoms with Gasteiger partial charge in [-0.25, -0.2) is 9.97 Å². The second kappa shape index (κ2) is 7.72. The zero-order chi connectivity index (χ0) is 17.8. The van der Waals surface area contributed by atoms with Gasteiger partial charge in [0.05, 0.1) is 24.4 Å². The molecule has 0 radical (unpaired) electrons. The molecule has 3 rings (SSSR count). The number of imidazole rings is 1. The fourth-order valence-electron chi connectivity index (χ4n) is 2.53. The maximum Gasteiger partial charge on any atom is 0.234 e. The van der Waals surface area contributed by atoms with Crippen molar-refractivity contribution in [3.63, 3.8) is 0 Å². The molecule has 25 heavy (non-hydrogen) atoms. The summed E-state index contributed by atoms with van der Waals surface area (Å²) in [5, 5.41) is 0.517. The van der Waals surface area contributed by atoms with Crippen molar-refractivity contribution in [2.75, 3.05) is 34.4 Å². The summed E-state index contributed by atoms with van der Waals surface area (Å²) in [5.41, 5.74) is 1.58. The summed E-state index contributed by atoms with van der Waals surface area (Å²) in [7, 11) is 5.67. The van der Waals surface area contributed by atoms with Gasteiger partial charge in [0.25, 0.3) is 0 Å². The fraction of sp³-hybridized carbons (Fsp3) is 0.333. The molecule has 0 aliphatic carbocycles. The molecule has 2 heterocycles. The van der Waals surface area contributed by atoms with E-state index in [2.05, 4.69) is 14.9 Å². The molecule has 0 fully saturated rings. The van der Waals surface area contributed by atoms with Gasteiger partial charge < -0.3 is 14.4 Å². The molecule has 0 aliphatic rings. The summed E-state index contributed by atoms with van der Waals surface area (Å²) < 4.78 is 13.2. The number of nitrogens with zero attached hydrogens (tertiary/aromatic N) is 4. The first-order chi connectivity index (χ1) is 12.1. The van der Waals surface area contributed by atoms with Crippen molar-refractivity contribution in [1.29, 1.82) is 0 Å². The molecule has 0 atom stereocenters. The molecule has 6 nitrogen and oxygen atoms in total. The Morgan fingerprint density at radius 2 is 2.08 bits per heavy atom. The minimum Gasteiger partial charge on any atom is -0.495 e. The smallest absolute Gasteiger partial charge is 0.234 e. The Hall–Kier alpha value is -2.31. The van der Waals surface area contributed by atoms with Crippen LogP contribution in [0.25, 0.3) is 17.0 Å². The molecule has 0 spiro atoms. The van der Waals surface area contributed by atoms with Crippen molar-refractivity contribution in [3.05, 3.63) is 41.8 Å². The first-order valence-corrected chi connectivity index (χ1v) is 8.41. The van der Waals surface area contributed by atoms with E-state index in [1.165, 1.54) is 0 Å². The lowest BCUT2D eigenvalue weighted by Gasteiger charge is -2.14.